The number of aliphatic carboxylic acids is 1. The van der Waals surface area contributed by atoms with Gasteiger partial charge in [0.1, 0.15) is 60.4 Å². The molecule has 2 aliphatic rings. The number of nitrogens with one attached hydrogen (secondary N) is 12. The predicted molar refractivity (Wildman–Crippen MR) is 380 cm³/mol. The second-order valence-electron chi connectivity index (χ2n) is 25.5. The van der Waals surface area contributed by atoms with Crippen LogP contribution in [-0.4, -0.2) is 245 Å². The highest BCUT2D eigenvalue weighted by atomic mass is 79.9. The lowest BCUT2D eigenvalue weighted by molar-refractivity contribution is -0.143. The number of carbonyl (C=O) groups is 15. The molecule has 4 aromatic rings. The summed E-state index contributed by atoms with van der Waals surface area (Å²) < 4.78 is 1.83. The Balaban J connectivity index is 1.49. The van der Waals surface area contributed by atoms with E-state index >= 15 is 0 Å². The van der Waals surface area contributed by atoms with Gasteiger partial charge in [-0.2, -0.15) is 0 Å². The van der Waals surface area contributed by atoms with Gasteiger partial charge in [0.15, 0.2) is 6.10 Å². The quantitative estimate of drug-likeness (QED) is 0.0463. The van der Waals surface area contributed by atoms with E-state index in [0.29, 0.717) is 16.7 Å². The molecule has 582 valence electrons. The van der Waals surface area contributed by atoms with Crippen molar-refractivity contribution in [2.45, 2.75) is 163 Å². The Kier molecular flexibility index (Phi) is 32.9. The number of hydrogen-bond acceptors (Lipinski definition) is 22. The van der Waals surface area contributed by atoms with Crippen LogP contribution in [-0.2, 0) is 97.7 Å². The summed E-state index contributed by atoms with van der Waals surface area (Å²) >= 11 is 3.37. The molecule has 0 aliphatic carbocycles. The maximum absolute atomic E-state index is 14.9. The van der Waals surface area contributed by atoms with Gasteiger partial charge in [-0.25, -0.2) is 9.78 Å². The van der Waals surface area contributed by atoms with Gasteiger partial charge in [-0.3, -0.25) is 67.1 Å². The van der Waals surface area contributed by atoms with E-state index in [2.05, 4.69) is 79.4 Å². The average molecular weight is 1570 g/mol. The minimum Gasteiger partial charge on any atom is -0.480 e. The van der Waals surface area contributed by atoms with Gasteiger partial charge in [-0.15, -0.1) is 0 Å². The van der Waals surface area contributed by atoms with E-state index in [4.69, 9.17) is 11.5 Å². The monoisotopic (exact) mass is 1570 g/mol. The van der Waals surface area contributed by atoms with Crippen molar-refractivity contribution in [3.63, 3.8) is 0 Å². The number of aliphatic hydroxyl groups excluding tert-OH is 6. The maximum atomic E-state index is 14.9. The molecule has 39 heteroatoms. The van der Waals surface area contributed by atoms with Crippen LogP contribution in [0.25, 0.3) is 6.08 Å². The zero-order chi connectivity index (χ0) is 79.5. The van der Waals surface area contributed by atoms with Gasteiger partial charge in [0.2, 0.25) is 82.7 Å². The molecule has 6 rings (SSSR count). The van der Waals surface area contributed by atoms with E-state index in [9.17, 15) is 108 Å². The first-order valence-electron chi connectivity index (χ1n) is 33.7. The summed E-state index contributed by atoms with van der Waals surface area (Å²) in [4.78, 5) is 214. The minimum atomic E-state index is -2.65. The van der Waals surface area contributed by atoms with Crippen molar-refractivity contribution in [2.75, 3.05) is 19.8 Å². The number of imidazole rings is 1. The number of fused-ring (bicyclic) bond motifs is 2. The molecule has 2 aliphatic heterocycles. The molecule has 0 saturated heterocycles. The molecule has 14 amide bonds. The van der Waals surface area contributed by atoms with Crippen molar-refractivity contribution >= 4 is 111 Å². The molecule has 4 bridgehead atoms. The van der Waals surface area contributed by atoms with Crippen molar-refractivity contribution in [3.8, 4) is 0 Å². The summed E-state index contributed by atoms with van der Waals surface area (Å²) in [7, 11) is 0. The van der Waals surface area contributed by atoms with Gasteiger partial charge in [0, 0.05) is 55.7 Å². The fourth-order valence-electron chi connectivity index (χ4n) is 11.0. The van der Waals surface area contributed by atoms with Crippen molar-refractivity contribution < 1.29 is 108 Å². The Morgan fingerprint density at radius 1 is 0.593 bits per heavy atom. The normalized spacial score (nSPS) is 25.5. The van der Waals surface area contributed by atoms with E-state index in [1.165, 1.54) is 18.2 Å². The number of allylic oxidation sites excluding steroid dienone is 2. The molecule has 3 heterocycles. The summed E-state index contributed by atoms with van der Waals surface area (Å²) in [6.07, 6.45) is -7.78. The van der Waals surface area contributed by atoms with Crippen LogP contribution in [0.5, 0.6) is 0 Å². The Hall–Kier alpha value is -11.4. The lowest BCUT2D eigenvalue weighted by Crippen LogP contribution is -2.63. The number of primary amides is 2. The number of halogens is 1. The van der Waals surface area contributed by atoms with Crippen molar-refractivity contribution in [3.05, 3.63) is 142 Å². The lowest BCUT2D eigenvalue weighted by Gasteiger charge is -2.28. The van der Waals surface area contributed by atoms with E-state index in [1.54, 1.807) is 91.9 Å². The van der Waals surface area contributed by atoms with Crippen molar-refractivity contribution in [1.29, 1.82) is 0 Å². The highest BCUT2D eigenvalue weighted by Crippen LogP contribution is 2.17. The van der Waals surface area contributed by atoms with Crippen LogP contribution >= 0.6 is 15.9 Å². The molecule has 0 radical (unpaired) electrons. The third-order valence-corrected chi connectivity index (χ3v) is 17.3. The number of nitrogens with zero attached hydrogens (tertiary/aromatic N) is 2. The van der Waals surface area contributed by atoms with Crippen LogP contribution in [0.15, 0.2) is 120 Å². The summed E-state index contributed by atoms with van der Waals surface area (Å²) in [5.41, 5.74) is 12.7. The van der Waals surface area contributed by atoms with Gasteiger partial charge in [-0.05, 0) is 42.7 Å². The molecule has 23 N–H and O–H groups in total. The Bertz CT molecular complexity index is 3960. The Morgan fingerprint density at radius 3 is 1.71 bits per heavy atom. The van der Waals surface area contributed by atoms with E-state index in [0.717, 1.165) is 34.1 Å². The SMILES string of the molecule is CC(/C=C/c1ccc(Br)cc1)=C\[C@H](O)[C@@H]1CC(=O)N[C@@H](CO)C(=O)N[C@@H]2Cn3cnc(c3)C[C@H](NC(=O)C[C@H](O)C[C@@H](C(=O)O)NC(=O)CCNC(=O)[C@H](Cc3ccccc3)NC(=O)[C@H]([C@@H](O)C(N)=O)NC(=O)[C@H](CC(N)=O)NC2=O)C(=O)N[C@@H]([C@H](C)O)C(=O)N[C@@H](CO)C(=O)N[C@@H](Cc2ccccc2)C(=O)N1. The number of nitrogens with two attached hydrogens (primary N) is 2. The zero-order valence-corrected chi connectivity index (χ0v) is 59.9. The largest absolute Gasteiger partial charge is 0.480 e. The van der Waals surface area contributed by atoms with Gasteiger partial charge in [0.25, 0.3) is 0 Å². The van der Waals surface area contributed by atoms with Crippen molar-refractivity contribution in [2.24, 2.45) is 11.5 Å². The molecule has 38 nitrogen and oxygen atoms in total. The highest BCUT2D eigenvalue weighted by molar-refractivity contribution is 9.10. The standard InChI is InChI=1S/C69H87BrN16O22/c1-34(13-14-36-15-17-39(70)18-16-36)21-51(91)42-28-55(95)77-49(31-87)65(103)82-48-30-86-29-40(74-33-86)24-45(62(100)84-56(35(2)89)67(105)83-50(32-88)66(104)79-44(61(99)78-42)23-38-11-7-4-8-12-38)75-54(94)26-41(90)25-47(69(107)108)76-53(93)19-20-73-60(98)43(22-37-9-5-3-6-10-37)81-68(106)57(58(96)59(72)97)85-63(101)46(27-52(71)92)80-64(48)102/h3-18,21,29,33,35,41-51,56-58,87-91,96H,19-20,22-28,30-32H2,1-2H3,(H2,71,92)(H2,72,97)(H,73,98)(H,75,94)(H,76,93)(H,77,95)(H,78,99)(H,79,104)(H,80,102)(H,81,106)(H,82,103)(H,83,105)(H,84,100)(H,85,101)(H,107,108)/b14-13+,34-21+/t35-,41+,42-,43-,44-,45-,46-,47-,48+,49-,50-,51-,56-,57-,58+/m0/s1. The number of aromatic nitrogens is 2. The smallest absolute Gasteiger partial charge is 0.326 e. The molecular formula is C69H87BrN16O22. The fraction of sp³-hybridized carbons (Fsp3) is 0.420. The van der Waals surface area contributed by atoms with Crippen LogP contribution in [0, 0.1) is 0 Å². The van der Waals surface area contributed by atoms with Crippen LogP contribution in [0.3, 0.4) is 0 Å². The first-order chi connectivity index (χ1) is 51.2. The van der Waals surface area contributed by atoms with Crippen LogP contribution < -0.4 is 75.3 Å². The van der Waals surface area contributed by atoms with Crippen LogP contribution in [0.1, 0.15) is 68.3 Å². The molecule has 15 atom stereocenters. The van der Waals surface area contributed by atoms with Crippen molar-refractivity contribution in [1.82, 2.24) is 73.4 Å². The number of hydrogen-bond donors (Lipinski definition) is 21. The van der Waals surface area contributed by atoms with E-state index in [1.807, 2.05) is 5.32 Å². The first kappa shape index (κ1) is 85.6. The van der Waals surface area contributed by atoms with E-state index in [-0.39, 0.29) is 18.5 Å². The summed E-state index contributed by atoms with van der Waals surface area (Å²) in [5.74, 6) is -20.1. The number of aliphatic hydroxyl groups is 6. The molecule has 1 aromatic heterocycles. The molecular weight excluding hydrogens is 1480 g/mol. The van der Waals surface area contributed by atoms with Gasteiger partial charge in [-0.1, -0.05) is 113 Å². The van der Waals surface area contributed by atoms with E-state index < -0.39 is 244 Å². The van der Waals surface area contributed by atoms with Gasteiger partial charge in [0.05, 0.1) is 69.0 Å². The second kappa shape index (κ2) is 41.5. The minimum absolute atomic E-state index is 0.203. The first-order valence-corrected chi connectivity index (χ1v) is 34.5. The summed E-state index contributed by atoms with van der Waals surface area (Å²) in [5, 5.41) is 104. The maximum Gasteiger partial charge on any atom is 0.326 e. The Morgan fingerprint density at radius 2 is 1.12 bits per heavy atom. The van der Waals surface area contributed by atoms with Crippen LogP contribution in [0.4, 0.5) is 0 Å². The number of carboxylic acids is 1. The second-order valence-corrected chi connectivity index (χ2v) is 26.4. The molecule has 0 saturated carbocycles. The summed E-state index contributed by atoms with van der Waals surface area (Å²) in [6.45, 7) is -1.28. The Labute approximate surface area is 624 Å². The van der Waals surface area contributed by atoms with Gasteiger partial charge < -0.3 is 116 Å². The third kappa shape index (κ3) is 27.2. The van der Waals surface area contributed by atoms with Gasteiger partial charge >= 0.3 is 5.97 Å². The predicted octanol–water partition coefficient (Wildman–Crippen LogP) is -7.74. The molecule has 108 heavy (non-hydrogen) atoms. The average Bonchev–Trinajstić information content (AvgIpc) is 1.20. The third-order valence-electron chi connectivity index (χ3n) is 16.7. The number of carboxylic acid groups (broad SMARTS) is 1. The van der Waals surface area contributed by atoms with Crippen LogP contribution in [0.2, 0.25) is 0 Å². The molecule has 3 aromatic carbocycles. The fourth-order valence-corrected chi connectivity index (χ4v) is 11.3. The number of amides is 14. The molecule has 0 unspecified atom stereocenters. The number of rotatable bonds is 16. The number of carbonyl (C=O) groups excluding carboxylic acids is 14. The zero-order valence-electron chi connectivity index (χ0n) is 58.3. The highest BCUT2D eigenvalue weighted by Gasteiger charge is 2.40. The topological polar surface area (TPSA) is 612 Å². The lowest BCUT2D eigenvalue weighted by atomic mass is 10.0. The molecule has 0 fully saturated rings. The molecule has 0 spiro atoms. The summed E-state index contributed by atoms with van der Waals surface area (Å²) in [6, 6.07) is 0.927. The number of benzene rings is 3.